The van der Waals surface area contributed by atoms with Gasteiger partial charge in [0.2, 0.25) is 0 Å². The summed E-state index contributed by atoms with van der Waals surface area (Å²) >= 11 is 0. The van der Waals surface area contributed by atoms with E-state index >= 15 is 0 Å². The molecule has 1 aliphatic heterocycles. The van der Waals surface area contributed by atoms with E-state index in [-0.39, 0.29) is 12.0 Å². The molecule has 1 unspecified atom stereocenters. The first-order chi connectivity index (χ1) is 13.6. The van der Waals surface area contributed by atoms with Gasteiger partial charge in [0.05, 0.1) is 18.4 Å². The molecule has 0 spiro atoms. The highest BCUT2D eigenvalue weighted by Gasteiger charge is 2.21. The molecule has 1 aromatic heterocycles. The lowest BCUT2D eigenvalue weighted by atomic mass is 10.2. The average molecular weight is 378 g/mol. The molecule has 28 heavy (non-hydrogen) atoms. The van der Waals surface area contributed by atoms with E-state index in [1.165, 1.54) is 0 Å². The van der Waals surface area contributed by atoms with Crippen molar-refractivity contribution in [2.75, 3.05) is 30.9 Å². The SMILES string of the molecule is CN(C)c1cccc(C(=O)Nc2cnn(CC3COc4ccccc4O3)c2)c1. The third-order valence-electron chi connectivity index (χ3n) is 4.47. The molecule has 2 aromatic carbocycles. The van der Waals surface area contributed by atoms with Crippen LogP contribution < -0.4 is 19.7 Å². The predicted octanol–water partition coefficient (Wildman–Crippen LogP) is 3.04. The van der Waals surface area contributed by atoms with E-state index in [9.17, 15) is 4.79 Å². The Kier molecular flexibility index (Phi) is 4.89. The molecular weight excluding hydrogens is 356 g/mol. The Bertz CT molecular complexity index is 983. The van der Waals surface area contributed by atoms with Gasteiger partial charge in [0.15, 0.2) is 17.6 Å². The molecule has 144 valence electrons. The van der Waals surface area contributed by atoms with E-state index in [0.717, 1.165) is 17.2 Å². The highest BCUT2D eigenvalue weighted by atomic mass is 16.6. The van der Waals surface area contributed by atoms with E-state index in [4.69, 9.17) is 9.47 Å². The zero-order valence-electron chi connectivity index (χ0n) is 15.8. The number of fused-ring (bicyclic) bond motifs is 1. The quantitative estimate of drug-likeness (QED) is 0.739. The van der Waals surface area contributed by atoms with Crippen molar-refractivity contribution in [3.63, 3.8) is 0 Å². The Hall–Kier alpha value is -3.48. The summed E-state index contributed by atoms with van der Waals surface area (Å²) in [6.45, 7) is 0.982. The van der Waals surface area contributed by atoms with Crippen LogP contribution in [0, 0.1) is 0 Å². The van der Waals surface area contributed by atoms with Crippen molar-refractivity contribution < 1.29 is 14.3 Å². The third-order valence-corrected chi connectivity index (χ3v) is 4.47. The van der Waals surface area contributed by atoms with Gasteiger partial charge in [-0.05, 0) is 30.3 Å². The lowest BCUT2D eigenvalue weighted by molar-refractivity contribution is 0.0759. The molecule has 7 nitrogen and oxygen atoms in total. The molecule has 0 fully saturated rings. The van der Waals surface area contributed by atoms with Gasteiger partial charge in [-0.3, -0.25) is 9.48 Å². The van der Waals surface area contributed by atoms with Crippen LogP contribution in [0.25, 0.3) is 0 Å². The zero-order chi connectivity index (χ0) is 19.5. The van der Waals surface area contributed by atoms with Gasteiger partial charge >= 0.3 is 0 Å². The highest BCUT2D eigenvalue weighted by molar-refractivity contribution is 6.04. The second kappa shape index (κ2) is 7.64. The Labute approximate surface area is 163 Å². The van der Waals surface area contributed by atoms with Crippen LogP contribution in [0.15, 0.2) is 60.9 Å². The summed E-state index contributed by atoms with van der Waals surface area (Å²) < 4.78 is 13.4. The first kappa shape index (κ1) is 17.9. The van der Waals surface area contributed by atoms with Gasteiger partial charge < -0.3 is 19.7 Å². The first-order valence-electron chi connectivity index (χ1n) is 9.08. The lowest BCUT2D eigenvalue weighted by Gasteiger charge is -2.26. The number of carbonyl (C=O) groups is 1. The number of nitrogens with zero attached hydrogens (tertiary/aromatic N) is 3. The van der Waals surface area contributed by atoms with Crippen LogP contribution in [0.3, 0.4) is 0 Å². The molecule has 1 atom stereocenters. The van der Waals surface area contributed by atoms with Gasteiger partial charge in [-0.25, -0.2) is 0 Å². The summed E-state index contributed by atoms with van der Waals surface area (Å²) in [5.41, 5.74) is 2.20. The number of ether oxygens (including phenoxy) is 2. The van der Waals surface area contributed by atoms with Gasteiger partial charge in [0.25, 0.3) is 5.91 Å². The molecule has 0 bridgehead atoms. The van der Waals surface area contributed by atoms with Crippen molar-refractivity contribution in [1.82, 2.24) is 9.78 Å². The fourth-order valence-electron chi connectivity index (χ4n) is 3.02. The number of para-hydroxylation sites is 2. The average Bonchev–Trinajstić information content (AvgIpc) is 3.14. The van der Waals surface area contributed by atoms with Crippen molar-refractivity contribution in [2.24, 2.45) is 0 Å². The molecular formula is C21H22N4O3. The summed E-state index contributed by atoms with van der Waals surface area (Å²) in [6.07, 6.45) is 3.28. The molecule has 2 heterocycles. The van der Waals surface area contributed by atoms with E-state index < -0.39 is 0 Å². The molecule has 3 aromatic rings. The van der Waals surface area contributed by atoms with E-state index in [2.05, 4.69) is 10.4 Å². The fourth-order valence-corrected chi connectivity index (χ4v) is 3.02. The molecule has 1 N–H and O–H groups in total. The summed E-state index contributed by atoms with van der Waals surface area (Å²) in [4.78, 5) is 14.5. The smallest absolute Gasteiger partial charge is 0.255 e. The second-order valence-corrected chi connectivity index (χ2v) is 6.85. The van der Waals surface area contributed by atoms with Crippen LogP contribution >= 0.6 is 0 Å². The molecule has 0 radical (unpaired) electrons. The van der Waals surface area contributed by atoms with Gasteiger partial charge in [0.1, 0.15) is 6.61 Å². The largest absolute Gasteiger partial charge is 0.486 e. The second-order valence-electron chi connectivity index (χ2n) is 6.85. The van der Waals surface area contributed by atoms with Gasteiger partial charge in [0, 0.05) is 31.5 Å². The number of hydrogen-bond donors (Lipinski definition) is 1. The molecule has 0 saturated heterocycles. The first-order valence-corrected chi connectivity index (χ1v) is 9.08. The Balaban J connectivity index is 1.38. The van der Waals surface area contributed by atoms with E-state index in [1.807, 2.05) is 61.5 Å². The molecule has 1 aliphatic rings. The monoisotopic (exact) mass is 378 g/mol. The summed E-state index contributed by atoms with van der Waals surface area (Å²) in [6, 6.07) is 15.1. The predicted molar refractivity (Wildman–Crippen MR) is 107 cm³/mol. The van der Waals surface area contributed by atoms with Crippen LogP contribution in [0.5, 0.6) is 11.5 Å². The highest BCUT2D eigenvalue weighted by Crippen LogP contribution is 2.31. The number of carbonyl (C=O) groups excluding carboxylic acids is 1. The molecule has 0 aliphatic carbocycles. The van der Waals surface area contributed by atoms with Crippen LogP contribution in [0.2, 0.25) is 0 Å². The van der Waals surface area contributed by atoms with Crippen LogP contribution in [-0.2, 0) is 6.54 Å². The number of benzene rings is 2. The number of nitrogens with one attached hydrogen (secondary N) is 1. The van der Waals surface area contributed by atoms with Crippen LogP contribution in [-0.4, -0.2) is 42.5 Å². The number of amides is 1. The maximum absolute atomic E-state index is 12.5. The molecule has 4 rings (SSSR count). The minimum absolute atomic E-state index is 0.143. The Morgan fingerprint density at radius 3 is 2.86 bits per heavy atom. The molecule has 7 heteroatoms. The topological polar surface area (TPSA) is 68.6 Å². The maximum atomic E-state index is 12.5. The maximum Gasteiger partial charge on any atom is 0.255 e. The summed E-state index contributed by atoms with van der Waals surface area (Å²) in [5, 5.41) is 7.20. The van der Waals surface area contributed by atoms with Gasteiger partial charge in [-0.1, -0.05) is 18.2 Å². The van der Waals surface area contributed by atoms with E-state index in [0.29, 0.717) is 24.4 Å². The standard InChI is InChI=1S/C21H22N4O3/c1-24(2)17-7-5-6-15(10-17)21(26)23-16-11-22-25(12-16)13-18-14-27-19-8-3-4-9-20(19)28-18/h3-12,18H,13-14H2,1-2H3,(H,23,26). The third kappa shape index (κ3) is 3.93. The van der Waals surface area contributed by atoms with Crippen molar-refractivity contribution in [2.45, 2.75) is 12.6 Å². The number of rotatable bonds is 5. The normalized spacial score (nSPS) is 15.1. The number of hydrogen-bond acceptors (Lipinski definition) is 5. The summed E-state index contributed by atoms with van der Waals surface area (Å²) in [5.74, 6) is 1.32. The van der Waals surface area contributed by atoms with Crippen LogP contribution in [0.4, 0.5) is 11.4 Å². The Morgan fingerprint density at radius 1 is 1.21 bits per heavy atom. The molecule has 1 amide bonds. The van der Waals surface area contributed by atoms with Crippen molar-refractivity contribution in [3.8, 4) is 11.5 Å². The van der Waals surface area contributed by atoms with E-state index in [1.54, 1.807) is 23.1 Å². The van der Waals surface area contributed by atoms with Crippen molar-refractivity contribution in [1.29, 1.82) is 0 Å². The van der Waals surface area contributed by atoms with Gasteiger partial charge in [-0.2, -0.15) is 5.10 Å². The van der Waals surface area contributed by atoms with Gasteiger partial charge in [-0.15, -0.1) is 0 Å². The minimum atomic E-state index is -0.172. The van der Waals surface area contributed by atoms with Crippen molar-refractivity contribution >= 4 is 17.3 Å². The minimum Gasteiger partial charge on any atom is -0.486 e. The molecule has 0 saturated carbocycles. The van der Waals surface area contributed by atoms with Crippen LogP contribution in [0.1, 0.15) is 10.4 Å². The van der Waals surface area contributed by atoms with Crippen molar-refractivity contribution in [3.05, 3.63) is 66.5 Å². The zero-order valence-corrected chi connectivity index (χ0v) is 15.8. The summed E-state index contributed by atoms with van der Waals surface area (Å²) in [7, 11) is 3.88. The fraction of sp³-hybridized carbons (Fsp3) is 0.238. The Morgan fingerprint density at radius 2 is 2.04 bits per heavy atom. The number of aromatic nitrogens is 2. The number of anilines is 2. The lowest BCUT2D eigenvalue weighted by Crippen LogP contribution is -2.33.